The van der Waals surface area contributed by atoms with E-state index in [0.29, 0.717) is 41.4 Å². The Bertz CT molecular complexity index is 1320. The largest absolute Gasteiger partial charge is 0.488 e. The summed E-state index contributed by atoms with van der Waals surface area (Å²) in [4.78, 5) is 25.9. The van der Waals surface area contributed by atoms with Gasteiger partial charge in [-0.15, -0.1) is 0 Å². The molecule has 6 saturated heterocycles. The Morgan fingerprint density at radius 3 is 1.81 bits per heavy atom. The molecule has 47 heavy (non-hydrogen) atoms. The van der Waals surface area contributed by atoms with Gasteiger partial charge in [0.05, 0.1) is 24.4 Å². The van der Waals surface area contributed by atoms with Crippen molar-refractivity contribution in [1.82, 2.24) is 0 Å². The van der Waals surface area contributed by atoms with E-state index in [1.165, 1.54) is 12.8 Å². The van der Waals surface area contributed by atoms with Crippen LogP contribution in [-0.2, 0) is 29.0 Å². The van der Waals surface area contributed by atoms with Gasteiger partial charge in [-0.25, -0.2) is 19.6 Å². The monoisotopic (exact) mass is 650 g/mol. The molecule has 11 rings (SSSR count). The van der Waals surface area contributed by atoms with E-state index in [1.54, 1.807) is 0 Å². The molecule has 6 aliphatic heterocycles. The van der Waals surface area contributed by atoms with E-state index in [1.807, 2.05) is 0 Å². The van der Waals surface area contributed by atoms with Crippen molar-refractivity contribution in [2.45, 2.75) is 165 Å². The van der Waals surface area contributed by atoms with Crippen LogP contribution in [0.25, 0.3) is 0 Å². The highest BCUT2D eigenvalue weighted by Gasteiger charge is 2.70. The van der Waals surface area contributed by atoms with Crippen molar-refractivity contribution in [2.24, 2.45) is 47.3 Å². The Kier molecular flexibility index (Phi) is 7.52. The quantitative estimate of drug-likeness (QED) is 0.298. The molecular weight excluding hydrogens is 592 g/mol. The van der Waals surface area contributed by atoms with Gasteiger partial charge in [0.2, 0.25) is 0 Å². The minimum atomic E-state index is -0.373. The summed E-state index contributed by atoms with van der Waals surface area (Å²) in [7, 11) is 0. The highest BCUT2D eigenvalue weighted by atomic mass is 17.2. The fourth-order valence-corrected chi connectivity index (χ4v) is 12.9. The molecule has 4 aliphatic carbocycles. The second-order valence-electron chi connectivity index (χ2n) is 18.1. The zero-order chi connectivity index (χ0) is 32.3. The van der Waals surface area contributed by atoms with E-state index in [0.717, 1.165) is 63.5 Å². The van der Waals surface area contributed by atoms with Crippen molar-refractivity contribution in [3.63, 3.8) is 0 Å². The van der Waals surface area contributed by atoms with Gasteiger partial charge in [0, 0.05) is 19.3 Å². The van der Waals surface area contributed by atoms with Crippen molar-refractivity contribution < 1.29 is 33.8 Å². The van der Waals surface area contributed by atoms with Crippen LogP contribution in [0, 0.1) is 47.3 Å². The van der Waals surface area contributed by atoms with Crippen molar-refractivity contribution in [1.29, 1.82) is 0 Å². The molecule has 7 nitrogen and oxygen atoms in total. The first-order chi connectivity index (χ1) is 22.6. The van der Waals surface area contributed by atoms with Gasteiger partial charge in [-0.3, -0.25) is 0 Å². The normalized spacial score (nSPS) is 55.3. The summed E-state index contributed by atoms with van der Waals surface area (Å²) in [6, 6.07) is 10.4. The summed E-state index contributed by atoms with van der Waals surface area (Å²) >= 11 is 0. The average Bonchev–Trinajstić information content (AvgIpc) is 3.43. The first-order valence-electron chi connectivity index (χ1n) is 19.3. The van der Waals surface area contributed by atoms with Crippen LogP contribution in [0.3, 0.4) is 0 Å². The third-order valence-electron chi connectivity index (χ3n) is 15.4. The highest BCUT2D eigenvalue weighted by molar-refractivity contribution is 5.23. The van der Waals surface area contributed by atoms with Gasteiger partial charge in [-0.2, -0.15) is 0 Å². The molecule has 17 atom stereocenters. The Morgan fingerprint density at radius 1 is 0.660 bits per heavy atom. The van der Waals surface area contributed by atoms with Crippen molar-refractivity contribution >= 4 is 0 Å². The molecule has 7 heteroatoms. The lowest BCUT2D eigenvalue weighted by molar-refractivity contribution is -0.490. The third kappa shape index (κ3) is 4.65. The fourth-order valence-electron chi connectivity index (χ4n) is 12.9. The summed E-state index contributed by atoms with van der Waals surface area (Å²) < 4.78 is 21.9. The minimum Gasteiger partial charge on any atom is -0.488 e. The number of hydrogen-bond donors (Lipinski definition) is 0. The predicted molar refractivity (Wildman–Crippen MR) is 176 cm³/mol. The maximum Gasteiger partial charge on any atom is 0.136 e. The van der Waals surface area contributed by atoms with Gasteiger partial charge in [0.25, 0.3) is 0 Å². The van der Waals surface area contributed by atoms with Gasteiger partial charge in [-0.05, 0) is 125 Å². The van der Waals surface area contributed by atoms with Crippen molar-refractivity contribution in [3.05, 3.63) is 30.3 Å². The predicted octanol–water partition coefficient (Wildman–Crippen LogP) is 8.24. The number of fused-ring (bicyclic) bond motifs is 4. The summed E-state index contributed by atoms with van der Waals surface area (Å²) in [5.41, 5.74) is -1.31. The molecule has 0 N–H and O–H groups in total. The van der Waals surface area contributed by atoms with Crippen LogP contribution >= 0.6 is 0 Å². The minimum absolute atomic E-state index is 0.00113. The average molecular weight is 651 g/mol. The lowest BCUT2D eigenvalue weighted by Crippen LogP contribution is -2.71. The molecule has 260 valence electrons. The van der Waals surface area contributed by atoms with Gasteiger partial charge in [0.15, 0.2) is 0 Å². The molecule has 2 spiro atoms. The van der Waals surface area contributed by atoms with E-state index in [9.17, 15) is 0 Å². The Labute approximate surface area is 281 Å². The number of benzene rings is 1. The lowest BCUT2D eigenvalue weighted by atomic mass is 9.55. The summed E-state index contributed by atoms with van der Waals surface area (Å²) in [5.74, 6) is 4.42. The molecule has 1 aromatic rings. The maximum atomic E-state index is 7.42. The zero-order valence-corrected chi connectivity index (χ0v) is 29.5. The van der Waals surface area contributed by atoms with Crippen molar-refractivity contribution in [2.75, 3.05) is 0 Å². The molecule has 1 aromatic carbocycles. The van der Waals surface area contributed by atoms with Crippen LogP contribution in [0.4, 0.5) is 0 Å². The van der Waals surface area contributed by atoms with E-state index in [2.05, 4.69) is 71.9 Å². The molecule has 4 saturated carbocycles. The number of ether oxygens (including phenoxy) is 3. The summed E-state index contributed by atoms with van der Waals surface area (Å²) in [5, 5.41) is 0. The molecule has 10 aliphatic rings. The number of hydrogen-bond acceptors (Lipinski definition) is 7. The van der Waals surface area contributed by atoms with E-state index in [-0.39, 0.29) is 58.8 Å². The van der Waals surface area contributed by atoms with Gasteiger partial charge < -0.3 is 14.2 Å². The molecular formula is C40H58O7. The van der Waals surface area contributed by atoms with E-state index >= 15 is 0 Å². The van der Waals surface area contributed by atoms with E-state index in [4.69, 9.17) is 33.8 Å². The maximum absolute atomic E-state index is 7.42. The van der Waals surface area contributed by atoms with Gasteiger partial charge in [0.1, 0.15) is 34.3 Å². The second kappa shape index (κ2) is 11.1. The van der Waals surface area contributed by atoms with Crippen LogP contribution < -0.4 is 4.74 Å². The van der Waals surface area contributed by atoms with Crippen molar-refractivity contribution in [3.8, 4) is 5.75 Å². The van der Waals surface area contributed by atoms with E-state index < -0.39 is 0 Å². The smallest absolute Gasteiger partial charge is 0.136 e. The first kappa shape index (κ1) is 31.7. The standard InChI is InChI=1S/C40H58O7/c1-23-12-14-30-25(3)32(42-34-21-37(5)18-16-28(23)39(30,34)46-44-37)20-33(41-27-10-8-7-9-11-27)36-26(4)31-15-13-24(2)29-17-19-38(6)22-35(43-36)40(29,31)47-45-38/h7-11,23-26,28-36H,12-22H2,1-6H3/t23-,24-,25-,26-,28+,29+,30+,31+,32-,33+,34-,35-,36?,37-,38-,39-,40-/m1/s1. The zero-order valence-electron chi connectivity index (χ0n) is 29.5. The Morgan fingerprint density at radius 2 is 1.21 bits per heavy atom. The SMILES string of the molecule is C[C@H]1[C@@H](C[C@H](Oc2ccccc2)C2O[C@@H]3C[C@@]4(C)CC[C@H]5[C@H](C)CC[C@@H]([C@H]2C)[C@@]35OO4)O[C@@H]2C[C@@]3(C)CC[C@H]4[C@H](C)CC[C@@H]1[C@@]24OO3. The molecule has 0 radical (unpaired) electrons. The van der Waals surface area contributed by atoms with Crippen LogP contribution in [0.5, 0.6) is 5.75 Å². The van der Waals surface area contributed by atoms with Crippen LogP contribution in [-0.4, -0.2) is 52.9 Å². The number of rotatable bonds is 5. The topological polar surface area (TPSA) is 64.6 Å². The Balaban J connectivity index is 1.06. The molecule has 1 unspecified atom stereocenters. The fraction of sp³-hybridized carbons (Fsp3) is 0.850. The molecule has 6 heterocycles. The molecule has 0 amide bonds. The van der Waals surface area contributed by atoms with Crippen LogP contribution in [0.1, 0.15) is 112 Å². The molecule has 10 fully saturated rings. The summed E-state index contributed by atoms with van der Waals surface area (Å²) in [6.07, 6.45) is 11.6. The van der Waals surface area contributed by atoms with Crippen LogP contribution in [0.2, 0.25) is 0 Å². The lowest BCUT2D eigenvalue weighted by Gasteiger charge is -2.63. The first-order valence-corrected chi connectivity index (χ1v) is 19.3. The van der Waals surface area contributed by atoms with Gasteiger partial charge in [-0.1, -0.05) is 45.9 Å². The highest BCUT2D eigenvalue weighted by Crippen LogP contribution is 2.64. The molecule has 4 bridgehead atoms. The molecule has 0 aromatic heterocycles. The van der Waals surface area contributed by atoms with Gasteiger partial charge >= 0.3 is 0 Å². The number of para-hydroxylation sites is 1. The Hall–Kier alpha value is -1.22. The second-order valence-corrected chi connectivity index (χ2v) is 18.1. The third-order valence-corrected chi connectivity index (χ3v) is 15.4. The summed E-state index contributed by atoms with van der Waals surface area (Å²) in [6.45, 7) is 14.1. The van der Waals surface area contributed by atoms with Crippen LogP contribution in [0.15, 0.2) is 30.3 Å².